The van der Waals surface area contributed by atoms with E-state index >= 15 is 0 Å². The molecule has 1 fully saturated rings. The lowest BCUT2D eigenvalue weighted by Gasteiger charge is -2.34. The van der Waals surface area contributed by atoms with E-state index in [1.165, 1.54) is 6.20 Å². The number of piperidine rings is 1. The summed E-state index contributed by atoms with van der Waals surface area (Å²) in [6, 6.07) is 0.0996. The van der Waals surface area contributed by atoms with Crippen LogP contribution in [0.3, 0.4) is 0 Å². The van der Waals surface area contributed by atoms with Gasteiger partial charge in [0.2, 0.25) is 0 Å². The fraction of sp³-hybridized carbons (Fsp3) is 0.750. The SMILES string of the molecule is CC1CN(S(=O)(=O)c2cnc3n2CCC3)CCC1N. The number of aryl methyl sites for hydroxylation is 1. The van der Waals surface area contributed by atoms with Gasteiger partial charge in [-0.25, -0.2) is 13.4 Å². The molecule has 3 heterocycles. The summed E-state index contributed by atoms with van der Waals surface area (Å²) in [6.07, 6.45) is 4.08. The van der Waals surface area contributed by atoms with Gasteiger partial charge >= 0.3 is 0 Å². The van der Waals surface area contributed by atoms with Gasteiger partial charge in [-0.15, -0.1) is 0 Å². The van der Waals surface area contributed by atoms with Gasteiger partial charge in [-0.3, -0.25) is 0 Å². The molecule has 0 aromatic carbocycles. The number of sulfonamides is 1. The minimum absolute atomic E-state index is 0.0996. The maximum absolute atomic E-state index is 12.7. The molecule has 0 saturated carbocycles. The van der Waals surface area contributed by atoms with E-state index in [1.807, 2.05) is 11.5 Å². The Hall–Kier alpha value is -0.920. The number of aromatic nitrogens is 2. The smallest absolute Gasteiger partial charge is 0.260 e. The molecule has 2 unspecified atom stereocenters. The molecule has 2 N–H and O–H groups in total. The average Bonchev–Trinajstić information content (AvgIpc) is 2.94. The number of nitrogens with two attached hydrogens (primary N) is 1. The lowest BCUT2D eigenvalue weighted by atomic mass is 9.96. The predicted molar refractivity (Wildman–Crippen MR) is 71.1 cm³/mol. The minimum atomic E-state index is -3.42. The molecule has 2 aliphatic rings. The van der Waals surface area contributed by atoms with E-state index in [9.17, 15) is 8.42 Å². The van der Waals surface area contributed by atoms with Crippen molar-refractivity contribution < 1.29 is 8.42 Å². The first-order valence-corrected chi connectivity index (χ1v) is 8.24. The van der Waals surface area contributed by atoms with Crippen LogP contribution in [0, 0.1) is 5.92 Å². The van der Waals surface area contributed by atoms with Crippen LogP contribution in [0.1, 0.15) is 25.6 Å². The highest BCUT2D eigenvalue weighted by Gasteiger charge is 2.35. The van der Waals surface area contributed by atoms with Crippen LogP contribution < -0.4 is 5.73 Å². The van der Waals surface area contributed by atoms with Gasteiger partial charge in [0.1, 0.15) is 5.82 Å². The Balaban J connectivity index is 1.90. The molecule has 2 atom stereocenters. The van der Waals surface area contributed by atoms with Gasteiger partial charge in [0.25, 0.3) is 10.0 Å². The topological polar surface area (TPSA) is 81.2 Å². The average molecular weight is 284 g/mol. The molecule has 0 bridgehead atoms. The highest BCUT2D eigenvalue weighted by Crippen LogP contribution is 2.26. The second-order valence-corrected chi connectivity index (χ2v) is 7.45. The molecular weight excluding hydrogens is 264 g/mol. The van der Waals surface area contributed by atoms with Crippen molar-refractivity contribution in [3.8, 4) is 0 Å². The van der Waals surface area contributed by atoms with E-state index in [-0.39, 0.29) is 12.0 Å². The molecule has 1 saturated heterocycles. The van der Waals surface area contributed by atoms with Crippen molar-refractivity contribution in [1.82, 2.24) is 13.9 Å². The fourth-order valence-electron chi connectivity index (χ4n) is 2.91. The Morgan fingerprint density at radius 2 is 2.21 bits per heavy atom. The summed E-state index contributed by atoms with van der Waals surface area (Å²) >= 11 is 0. The third kappa shape index (κ3) is 2.09. The Morgan fingerprint density at radius 1 is 1.42 bits per heavy atom. The highest BCUT2D eigenvalue weighted by atomic mass is 32.2. The number of rotatable bonds is 2. The molecule has 6 nitrogen and oxygen atoms in total. The molecule has 19 heavy (non-hydrogen) atoms. The monoisotopic (exact) mass is 284 g/mol. The number of hydrogen-bond donors (Lipinski definition) is 1. The summed E-state index contributed by atoms with van der Waals surface area (Å²) in [5.41, 5.74) is 5.95. The number of nitrogens with zero attached hydrogens (tertiary/aromatic N) is 3. The maximum Gasteiger partial charge on any atom is 0.260 e. The van der Waals surface area contributed by atoms with Crippen molar-refractivity contribution in [2.45, 2.75) is 43.8 Å². The Labute approximate surface area is 113 Å². The summed E-state index contributed by atoms with van der Waals surface area (Å²) in [5.74, 6) is 1.09. The van der Waals surface area contributed by atoms with E-state index in [0.717, 1.165) is 31.6 Å². The van der Waals surface area contributed by atoms with Crippen LogP contribution in [0.4, 0.5) is 0 Å². The van der Waals surface area contributed by atoms with Gasteiger partial charge in [-0.2, -0.15) is 4.31 Å². The van der Waals surface area contributed by atoms with E-state index in [4.69, 9.17) is 5.73 Å². The normalized spacial score (nSPS) is 28.5. The van der Waals surface area contributed by atoms with Crippen molar-refractivity contribution in [2.24, 2.45) is 11.7 Å². The van der Waals surface area contributed by atoms with Crippen LogP contribution in [-0.2, 0) is 23.0 Å². The summed E-state index contributed by atoms with van der Waals surface area (Å²) < 4.78 is 28.8. The Morgan fingerprint density at radius 3 is 2.95 bits per heavy atom. The van der Waals surface area contributed by atoms with Crippen LogP contribution in [0.2, 0.25) is 0 Å². The van der Waals surface area contributed by atoms with E-state index in [1.54, 1.807) is 4.31 Å². The zero-order valence-electron chi connectivity index (χ0n) is 11.1. The molecule has 1 aromatic heterocycles. The predicted octanol–water partition coefficient (Wildman–Crippen LogP) is 0.187. The van der Waals surface area contributed by atoms with Crippen LogP contribution >= 0.6 is 0 Å². The van der Waals surface area contributed by atoms with Gasteiger partial charge in [0, 0.05) is 32.1 Å². The standard InChI is InChI=1S/C12H20N4O2S/c1-9-8-15(6-4-10(9)13)19(17,18)12-7-14-11-3-2-5-16(11)12/h7,9-10H,2-6,8,13H2,1H3. The lowest BCUT2D eigenvalue weighted by Crippen LogP contribution is -2.48. The second-order valence-electron chi connectivity index (χ2n) is 5.56. The van der Waals surface area contributed by atoms with Crippen LogP contribution in [0.15, 0.2) is 11.2 Å². The molecule has 3 rings (SSSR count). The summed E-state index contributed by atoms with van der Waals surface area (Å²) in [4.78, 5) is 4.22. The highest BCUT2D eigenvalue weighted by molar-refractivity contribution is 7.89. The van der Waals surface area contributed by atoms with Gasteiger partial charge in [-0.05, 0) is 18.8 Å². The van der Waals surface area contributed by atoms with Gasteiger partial charge in [-0.1, -0.05) is 6.92 Å². The Bertz CT molecular complexity index is 581. The molecule has 0 amide bonds. The third-order valence-electron chi connectivity index (χ3n) is 4.22. The van der Waals surface area contributed by atoms with Crippen LogP contribution in [-0.4, -0.2) is 41.4 Å². The molecule has 0 aliphatic carbocycles. The van der Waals surface area contributed by atoms with Crippen molar-refractivity contribution in [3.63, 3.8) is 0 Å². The summed E-state index contributed by atoms with van der Waals surface area (Å²) in [5, 5.41) is 0.350. The molecule has 1 aromatic rings. The molecule has 2 aliphatic heterocycles. The molecule has 0 spiro atoms. The molecule has 106 valence electrons. The first kappa shape index (κ1) is 13.1. The molecular formula is C12H20N4O2S. The maximum atomic E-state index is 12.7. The third-order valence-corrected chi connectivity index (χ3v) is 6.09. The molecule has 0 radical (unpaired) electrons. The number of hydrogen-bond acceptors (Lipinski definition) is 4. The van der Waals surface area contributed by atoms with Crippen molar-refractivity contribution >= 4 is 10.0 Å². The van der Waals surface area contributed by atoms with Crippen LogP contribution in [0.25, 0.3) is 0 Å². The largest absolute Gasteiger partial charge is 0.327 e. The molecule has 7 heteroatoms. The van der Waals surface area contributed by atoms with E-state index in [0.29, 0.717) is 18.1 Å². The first-order chi connectivity index (χ1) is 9.00. The first-order valence-electron chi connectivity index (χ1n) is 6.80. The second kappa shape index (κ2) is 4.57. The minimum Gasteiger partial charge on any atom is -0.327 e. The summed E-state index contributed by atoms with van der Waals surface area (Å²) in [7, 11) is -3.42. The zero-order valence-corrected chi connectivity index (χ0v) is 11.9. The lowest BCUT2D eigenvalue weighted by molar-refractivity contribution is 0.249. The van der Waals surface area contributed by atoms with E-state index < -0.39 is 10.0 Å². The van der Waals surface area contributed by atoms with E-state index in [2.05, 4.69) is 4.98 Å². The number of imidazole rings is 1. The van der Waals surface area contributed by atoms with Gasteiger partial charge < -0.3 is 10.3 Å². The summed E-state index contributed by atoms with van der Waals surface area (Å²) in [6.45, 7) is 3.78. The van der Waals surface area contributed by atoms with Crippen LogP contribution in [0.5, 0.6) is 0 Å². The van der Waals surface area contributed by atoms with Gasteiger partial charge in [0.05, 0.1) is 6.20 Å². The zero-order chi connectivity index (χ0) is 13.6. The van der Waals surface area contributed by atoms with Crippen molar-refractivity contribution in [1.29, 1.82) is 0 Å². The quantitative estimate of drug-likeness (QED) is 0.840. The number of fused-ring (bicyclic) bond motifs is 1. The Kier molecular flexibility index (Phi) is 3.15. The van der Waals surface area contributed by atoms with Gasteiger partial charge in [0.15, 0.2) is 5.03 Å². The van der Waals surface area contributed by atoms with Crippen molar-refractivity contribution in [2.75, 3.05) is 13.1 Å². The fourth-order valence-corrected chi connectivity index (χ4v) is 4.62. The van der Waals surface area contributed by atoms with Crippen molar-refractivity contribution in [3.05, 3.63) is 12.0 Å².